The van der Waals surface area contributed by atoms with Crippen LogP contribution in [0.5, 0.6) is 0 Å². The lowest BCUT2D eigenvalue weighted by atomic mass is 9.70. The zero-order chi connectivity index (χ0) is 56.5. The zero-order valence-electron chi connectivity index (χ0n) is 49.9. The number of nitrogens with one attached hydrogen (secondary N) is 5. The van der Waals surface area contributed by atoms with Crippen molar-refractivity contribution in [2.75, 3.05) is 6.61 Å². The minimum absolute atomic E-state index is 0.00756. The fourth-order valence-electron chi connectivity index (χ4n) is 14.9. The van der Waals surface area contributed by atoms with Crippen LogP contribution in [0.25, 0.3) is 0 Å². The smallest absolute Gasteiger partial charge is 0.407 e. The molecule has 4 amide bonds. The summed E-state index contributed by atoms with van der Waals surface area (Å²) in [4.78, 5) is 70.2. The van der Waals surface area contributed by atoms with Crippen LogP contribution < -0.4 is 26.6 Å². The Morgan fingerprint density at radius 3 is 1.72 bits per heavy atom. The van der Waals surface area contributed by atoms with E-state index in [1.807, 2.05) is 45.0 Å². The Hall–Kier alpha value is -3.23. The number of carbonyl (C=O) groups is 5. The van der Waals surface area contributed by atoms with Crippen molar-refractivity contribution >= 4 is 45.7 Å². The molecule has 2 unspecified atom stereocenters. The molecular formula is C64H106BrN5O8. The van der Waals surface area contributed by atoms with Crippen molar-refractivity contribution in [1.29, 1.82) is 0 Å². The molecule has 0 heterocycles. The van der Waals surface area contributed by atoms with Gasteiger partial charge in [0, 0.05) is 46.5 Å². The molecule has 0 bridgehead atoms. The number of alkyl carbamates (subject to hydrolysis) is 1. The van der Waals surface area contributed by atoms with Crippen molar-refractivity contribution in [2.45, 2.75) is 284 Å². The van der Waals surface area contributed by atoms with Crippen LogP contribution in [0.15, 0.2) is 28.7 Å². The zero-order valence-corrected chi connectivity index (χ0v) is 51.5. The molecule has 5 fully saturated rings. The highest BCUT2D eigenvalue weighted by molar-refractivity contribution is 9.10. The molecule has 5 N–H and O–H groups in total. The normalized spacial score (nSPS) is 28.8. The molecule has 14 atom stereocenters. The van der Waals surface area contributed by atoms with Gasteiger partial charge < -0.3 is 35.5 Å². The first kappa shape index (κ1) is 63.9. The van der Waals surface area contributed by atoms with E-state index in [2.05, 4.69) is 84.1 Å². The number of amides is 4. The summed E-state index contributed by atoms with van der Waals surface area (Å²) < 4.78 is 20.0. The number of rotatable bonds is 28. The molecule has 0 aliphatic heterocycles. The number of benzene rings is 1. The van der Waals surface area contributed by atoms with Crippen LogP contribution in [0.4, 0.5) is 4.79 Å². The second-order valence-corrected chi connectivity index (χ2v) is 26.8. The van der Waals surface area contributed by atoms with Crippen LogP contribution >= 0.6 is 15.9 Å². The number of unbranched alkanes of at least 4 members (excludes halogenated alkanes) is 3. The van der Waals surface area contributed by atoms with Gasteiger partial charge in [-0.2, -0.15) is 0 Å². The molecular weight excluding hydrogens is 1050 g/mol. The third-order valence-electron chi connectivity index (χ3n) is 19.4. The number of carbonyl (C=O) groups excluding carboxylic acids is 5. The summed E-state index contributed by atoms with van der Waals surface area (Å²) >= 11 is 3.47. The molecule has 0 aromatic heterocycles. The Bertz CT molecular complexity index is 2050. The third-order valence-corrected chi connectivity index (χ3v) is 19.9. The van der Waals surface area contributed by atoms with Crippen LogP contribution in [-0.2, 0) is 40.0 Å². The van der Waals surface area contributed by atoms with E-state index < -0.39 is 17.4 Å². The van der Waals surface area contributed by atoms with E-state index in [0.717, 1.165) is 151 Å². The second-order valence-electron chi connectivity index (χ2n) is 25.9. The molecule has 13 nitrogen and oxygen atoms in total. The Balaban J connectivity index is 1.19. The first-order valence-corrected chi connectivity index (χ1v) is 32.4. The van der Waals surface area contributed by atoms with Gasteiger partial charge in [-0.1, -0.05) is 140 Å². The molecule has 1 aromatic carbocycles. The summed E-state index contributed by atoms with van der Waals surface area (Å²) in [7, 11) is 0. The summed E-state index contributed by atoms with van der Waals surface area (Å²) in [6.45, 7) is 19.9. The monoisotopic (exact) mass is 1150 g/mol. The van der Waals surface area contributed by atoms with Crippen LogP contribution in [0.3, 0.4) is 0 Å². The molecule has 1 aromatic rings. The molecule has 5 aliphatic rings. The van der Waals surface area contributed by atoms with Crippen LogP contribution in [0, 0.1) is 46.8 Å². The van der Waals surface area contributed by atoms with Gasteiger partial charge in [-0.25, -0.2) is 4.79 Å². The fraction of sp³-hybridized carbons (Fsp3) is 0.828. The highest BCUT2D eigenvalue weighted by Gasteiger charge is 2.49. The van der Waals surface area contributed by atoms with Gasteiger partial charge in [0.25, 0.3) is 0 Å². The Kier molecular flexibility index (Phi) is 25.2. The van der Waals surface area contributed by atoms with Crippen molar-refractivity contribution in [3.8, 4) is 0 Å². The number of hydrogen-bond acceptors (Lipinski definition) is 9. The van der Waals surface area contributed by atoms with E-state index in [-0.39, 0.29) is 107 Å². The van der Waals surface area contributed by atoms with Gasteiger partial charge in [0.15, 0.2) is 0 Å². The minimum atomic E-state index is -0.791. The minimum Gasteiger partial charge on any atom is -0.461 e. The molecule has 6 rings (SSSR count). The lowest BCUT2D eigenvalue weighted by Gasteiger charge is -2.49. The predicted molar refractivity (Wildman–Crippen MR) is 314 cm³/mol. The van der Waals surface area contributed by atoms with E-state index in [1.54, 1.807) is 0 Å². The Morgan fingerprint density at radius 2 is 1.13 bits per heavy atom. The van der Waals surface area contributed by atoms with E-state index in [4.69, 9.17) is 14.2 Å². The van der Waals surface area contributed by atoms with Gasteiger partial charge in [-0.15, -0.1) is 0 Å². The molecule has 442 valence electrons. The number of halogens is 1. The molecule has 14 heteroatoms. The van der Waals surface area contributed by atoms with Crippen LogP contribution in [0.1, 0.15) is 241 Å². The second kappa shape index (κ2) is 30.7. The van der Waals surface area contributed by atoms with Crippen molar-refractivity contribution in [2.24, 2.45) is 46.8 Å². The maximum absolute atomic E-state index is 15.0. The predicted octanol–water partition coefficient (Wildman–Crippen LogP) is 13.5. The van der Waals surface area contributed by atoms with E-state index in [0.29, 0.717) is 19.4 Å². The van der Waals surface area contributed by atoms with Gasteiger partial charge in [0.1, 0.15) is 17.9 Å². The maximum Gasteiger partial charge on any atom is 0.407 e. The van der Waals surface area contributed by atoms with Gasteiger partial charge in [-0.3, -0.25) is 24.5 Å². The summed E-state index contributed by atoms with van der Waals surface area (Å²) in [6, 6.07) is 6.93. The number of esters is 1. The third kappa shape index (κ3) is 17.9. The first-order chi connectivity index (χ1) is 37.4. The highest BCUT2D eigenvalue weighted by atomic mass is 79.9. The highest BCUT2D eigenvalue weighted by Crippen LogP contribution is 2.44. The largest absolute Gasteiger partial charge is 0.461 e. The van der Waals surface area contributed by atoms with E-state index in [9.17, 15) is 19.2 Å². The van der Waals surface area contributed by atoms with Crippen molar-refractivity contribution in [3.05, 3.63) is 34.3 Å². The average Bonchev–Trinajstić information content (AvgIpc) is 4.27. The summed E-state index contributed by atoms with van der Waals surface area (Å²) in [6.07, 6.45) is 25.1. The Morgan fingerprint density at radius 1 is 0.590 bits per heavy atom. The fourth-order valence-corrected chi connectivity index (χ4v) is 15.1. The quantitative estimate of drug-likeness (QED) is 0.0311. The summed E-state index contributed by atoms with van der Waals surface area (Å²) in [5.74, 6) is -1.26. The number of ether oxygens (including phenoxy) is 3. The molecule has 0 radical (unpaired) electrons. The molecule has 78 heavy (non-hydrogen) atoms. The molecule has 5 saturated carbocycles. The summed E-state index contributed by atoms with van der Waals surface area (Å²) in [5.41, 5.74) is -0.457. The van der Waals surface area contributed by atoms with Crippen LogP contribution in [0.2, 0.25) is 0 Å². The number of hydrogen-bond donors (Lipinski definition) is 5. The van der Waals surface area contributed by atoms with E-state index in [1.165, 1.54) is 19.3 Å². The van der Waals surface area contributed by atoms with Gasteiger partial charge in [-0.05, 0) is 159 Å². The summed E-state index contributed by atoms with van der Waals surface area (Å²) in [5, 5.41) is 17.8. The van der Waals surface area contributed by atoms with Gasteiger partial charge in [0.05, 0.1) is 24.4 Å². The molecule has 5 aliphatic carbocycles. The van der Waals surface area contributed by atoms with Crippen molar-refractivity contribution in [1.82, 2.24) is 26.6 Å². The van der Waals surface area contributed by atoms with Crippen LogP contribution in [-0.4, -0.2) is 77.9 Å². The van der Waals surface area contributed by atoms with Crippen molar-refractivity contribution < 1.29 is 38.2 Å². The SMILES string of the molecule is CCCCCC(CC)(CCCC)COC(C)(N[C@H]1CCC[C@@H]1C(=O)N[C@H]1CCCC[C@H]1[C@H](CC)C(=O)N[C@H]1CCC[C@@H]1C(=O)OCc1ccc(Br)cc1)[C@@H](CC)[C@@H]1CCCC[C@@H]1NC(=O)[C@H]1CCC[C@@H]1NC(=O)OC(C)(C)C. The standard InChI is InChI=1S/C64H106BrN5O8/c1-10-15-21-40-64(14-5,39-16-11-2)42-77-63(9,51(13-4)47-26-18-20-31-53(47)67-58(72)48-27-22-32-54(48)69-61(75)78-62(6,7)8)70-56-34-23-28-49(56)59(73)66-52-30-19-17-25-46(52)45(12-3)57(71)68-55-33-24-29-50(55)60(74)76-41-43-35-37-44(65)38-36-43/h35-38,45-56,70H,10-34,39-42H2,1-9H3,(H,66,73)(H,67,72)(H,68,71)(H,69,75)/t45-,46-,47-,48-,49-,50-,51-,52-,53-,54-,55-,56-,63?,64?/m0/s1. The van der Waals surface area contributed by atoms with Gasteiger partial charge in [0.2, 0.25) is 17.7 Å². The lowest BCUT2D eigenvalue weighted by molar-refractivity contribution is -0.158. The Labute approximate surface area is 479 Å². The molecule has 0 saturated heterocycles. The van der Waals surface area contributed by atoms with Crippen molar-refractivity contribution in [3.63, 3.8) is 0 Å². The topological polar surface area (TPSA) is 173 Å². The van der Waals surface area contributed by atoms with E-state index >= 15 is 4.79 Å². The first-order valence-electron chi connectivity index (χ1n) is 31.6. The average molecular weight is 1150 g/mol. The molecule has 0 spiro atoms. The maximum atomic E-state index is 15.0. The lowest BCUT2D eigenvalue weighted by Crippen LogP contribution is -2.62. The van der Waals surface area contributed by atoms with Gasteiger partial charge >= 0.3 is 12.1 Å².